The van der Waals surface area contributed by atoms with E-state index in [1.54, 1.807) is 0 Å². The van der Waals surface area contributed by atoms with Gasteiger partial charge >= 0.3 is 55.5 Å². The molecule has 0 unspecified atom stereocenters. The topological polar surface area (TPSA) is 18.5 Å². The summed E-state index contributed by atoms with van der Waals surface area (Å²) in [5.41, 5.74) is 0. The zero-order valence-corrected chi connectivity index (χ0v) is 18.7. The Bertz CT molecular complexity index is 718. The average molecular weight is 601 g/mol. The minimum absolute atomic E-state index is 0.444. The molecule has 0 radical (unpaired) electrons. The van der Waals surface area contributed by atoms with Crippen LogP contribution in [0.15, 0.2) is 0 Å². The number of hydrogen-bond donors (Lipinski definition) is 0. The molecule has 0 aromatic heterocycles. The standard InChI is InChI=1S/C14H14ClF17O2Si/c1-3-33-35(15,34-4-2)6-5-7(16,17)8(18,19)9(20,21)10(22,23)11(24,25)12(26,27)13(28,29)14(30,31)32/h3-6H2,1-2H3. The van der Waals surface area contributed by atoms with Crippen LogP contribution in [0, 0.1) is 0 Å². The zero-order valence-electron chi connectivity index (χ0n) is 16.9. The fourth-order valence-electron chi connectivity index (χ4n) is 2.28. The van der Waals surface area contributed by atoms with E-state index < -0.39 is 81.2 Å². The Labute approximate surface area is 190 Å². The van der Waals surface area contributed by atoms with E-state index in [2.05, 4.69) is 8.85 Å². The van der Waals surface area contributed by atoms with Gasteiger partial charge in [0, 0.05) is 25.7 Å². The van der Waals surface area contributed by atoms with Crippen LogP contribution in [0.25, 0.3) is 0 Å². The van der Waals surface area contributed by atoms with Gasteiger partial charge in [0.15, 0.2) is 0 Å². The normalized spacial score (nSPS) is 16.1. The molecular formula is C14H14ClF17O2Si. The average Bonchev–Trinajstić information content (AvgIpc) is 2.65. The van der Waals surface area contributed by atoms with Crippen LogP contribution >= 0.6 is 11.1 Å². The van der Waals surface area contributed by atoms with Crippen molar-refractivity contribution in [2.75, 3.05) is 13.2 Å². The van der Waals surface area contributed by atoms with E-state index in [0.29, 0.717) is 0 Å². The molecule has 0 aliphatic heterocycles. The Morgan fingerprint density at radius 3 is 1.09 bits per heavy atom. The van der Waals surface area contributed by atoms with Crippen molar-refractivity contribution < 1.29 is 83.5 Å². The maximum Gasteiger partial charge on any atom is 0.460 e. The molecule has 0 N–H and O–H groups in total. The first-order valence-corrected chi connectivity index (χ1v) is 11.8. The highest BCUT2D eigenvalue weighted by atomic mass is 35.6. The van der Waals surface area contributed by atoms with Crippen molar-refractivity contribution in [3.8, 4) is 0 Å². The Balaban J connectivity index is 6.49. The van der Waals surface area contributed by atoms with Gasteiger partial charge in [-0.1, -0.05) is 11.1 Å². The number of alkyl halides is 17. The summed E-state index contributed by atoms with van der Waals surface area (Å²) in [6.07, 6.45) is -10.5. The van der Waals surface area contributed by atoms with E-state index in [1.165, 1.54) is 0 Å². The van der Waals surface area contributed by atoms with Crippen molar-refractivity contribution in [1.82, 2.24) is 0 Å². The zero-order chi connectivity index (χ0) is 28.7. The minimum Gasteiger partial charge on any atom is -0.383 e. The van der Waals surface area contributed by atoms with Crippen molar-refractivity contribution >= 4 is 18.9 Å². The molecule has 0 spiro atoms. The molecular weight excluding hydrogens is 587 g/mol. The first-order chi connectivity index (χ1) is 15.1. The summed E-state index contributed by atoms with van der Waals surface area (Å²) >= 11 is 5.60. The Morgan fingerprint density at radius 1 is 0.514 bits per heavy atom. The molecule has 0 aromatic carbocycles. The SMILES string of the molecule is CCO[Si](Cl)(CCC(F)(F)C(F)(F)C(F)(F)C(F)(F)C(F)(F)C(F)(F)C(F)(F)C(F)(F)F)OCC. The Morgan fingerprint density at radius 2 is 0.800 bits per heavy atom. The van der Waals surface area contributed by atoms with Crippen molar-refractivity contribution in [1.29, 1.82) is 0 Å². The summed E-state index contributed by atoms with van der Waals surface area (Å²) in [5.74, 6) is -56.5. The molecule has 0 amide bonds. The molecule has 21 heteroatoms. The predicted octanol–water partition coefficient (Wildman–Crippen LogP) is 7.64. The summed E-state index contributed by atoms with van der Waals surface area (Å²) < 4.78 is 234. The van der Waals surface area contributed by atoms with Gasteiger partial charge in [0.2, 0.25) is 0 Å². The fourth-order valence-corrected chi connectivity index (χ4v) is 5.06. The summed E-state index contributed by atoms with van der Waals surface area (Å²) in [5, 5.41) is 0. The van der Waals surface area contributed by atoms with Gasteiger partial charge < -0.3 is 8.85 Å². The van der Waals surface area contributed by atoms with Gasteiger partial charge in [-0.3, -0.25) is 0 Å². The van der Waals surface area contributed by atoms with E-state index in [0.717, 1.165) is 13.8 Å². The Hall–Kier alpha value is -0.763. The van der Waals surface area contributed by atoms with Crippen molar-refractivity contribution in [2.45, 2.75) is 73.9 Å². The quantitative estimate of drug-likeness (QED) is 0.123. The molecule has 0 saturated carbocycles. The van der Waals surface area contributed by atoms with Crippen LogP contribution in [0.2, 0.25) is 6.04 Å². The predicted molar refractivity (Wildman–Crippen MR) is 85.0 cm³/mol. The second-order valence-electron chi connectivity index (χ2n) is 6.67. The van der Waals surface area contributed by atoms with Crippen LogP contribution in [-0.4, -0.2) is 68.7 Å². The largest absolute Gasteiger partial charge is 0.460 e. The smallest absolute Gasteiger partial charge is 0.383 e. The highest BCUT2D eigenvalue weighted by Gasteiger charge is 2.95. The van der Waals surface area contributed by atoms with Crippen molar-refractivity contribution in [2.24, 2.45) is 0 Å². The molecule has 2 nitrogen and oxygen atoms in total. The molecule has 0 saturated heterocycles. The lowest BCUT2D eigenvalue weighted by Crippen LogP contribution is -2.74. The molecule has 0 aliphatic rings. The minimum atomic E-state index is -8.65. The second-order valence-corrected chi connectivity index (χ2v) is 10.8. The van der Waals surface area contributed by atoms with Gasteiger partial charge in [-0.2, -0.15) is 74.6 Å². The van der Waals surface area contributed by atoms with Gasteiger partial charge in [-0.25, -0.2) is 0 Å². The molecule has 0 fully saturated rings. The van der Waals surface area contributed by atoms with Gasteiger partial charge in [0.1, 0.15) is 0 Å². The van der Waals surface area contributed by atoms with E-state index in [-0.39, 0.29) is 0 Å². The maximum atomic E-state index is 13.9. The van der Waals surface area contributed by atoms with E-state index in [1.807, 2.05) is 0 Å². The monoisotopic (exact) mass is 600 g/mol. The van der Waals surface area contributed by atoms with Crippen LogP contribution in [0.4, 0.5) is 74.6 Å². The van der Waals surface area contributed by atoms with Gasteiger partial charge in [-0.15, -0.1) is 0 Å². The van der Waals surface area contributed by atoms with Gasteiger partial charge in [0.05, 0.1) is 0 Å². The molecule has 35 heavy (non-hydrogen) atoms. The third-order valence-corrected chi connectivity index (χ3v) is 7.75. The van der Waals surface area contributed by atoms with Crippen LogP contribution in [0.1, 0.15) is 20.3 Å². The van der Waals surface area contributed by atoms with E-state index in [4.69, 9.17) is 11.1 Å². The lowest BCUT2D eigenvalue weighted by Gasteiger charge is -2.43. The highest BCUT2D eigenvalue weighted by molar-refractivity contribution is 7.13. The van der Waals surface area contributed by atoms with Crippen LogP contribution in [0.5, 0.6) is 0 Å². The Kier molecular flexibility index (Phi) is 9.63. The van der Waals surface area contributed by atoms with Crippen molar-refractivity contribution in [3.05, 3.63) is 0 Å². The first kappa shape index (κ1) is 34.2. The van der Waals surface area contributed by atoms with Gasteiger partial charge in [-0.05, 0) is 13.8 Å². The summed E-state index contributed by atoms with van der Waals surface area (Å²) in [7, 11) is -4.42. The lowest BCUT2D eigenvalue weighted by molar-refractivity contribution is -0.461. The molecule has 0 aromatic rings. The number of halogens is 18. The van der Waals surface area contributed by atoms with E-state index >= 15 is 0 Å². The number of rotatable bonds is 13. The van der Waals surface area contributed by atoms with Crippen LogP contribution < -0.4 is 0 Å². The summed E-state index contributed by atoms with van der Waals surface area (Å²) in [6.45, 7) is 1.43. The lowest BCUT2D eigenvalue weighted by atomic mass is 9.88. The number of hydrogen-bond acceptors (Lipinski definition) is 2. The first-order valence-electron chi connectivity index (χ1n) is 8.76. The van der Waals surface area contributed by atoms with E-state index in [9.17, 15) is 74.6 Å². The highest BCUT2D eigenvalue weighted by Crippen LogP contribution is 2.64. The second kappa shape index (κ2) is 9.84. The third kappa shape index (κ3) is 5.44. The molecule has 0 aliphatic carbocycles. The van der Waals surface area contributed by atoms with Crippen LogP contribution in [-0.2, 0) is 8.85 Å². The molecule has 0 atom stereocenters. The molecule has 212 valence electrons. The van der Waals surface area contributed by atoms with Crippen molar-refractivity contribution in [3.63, 3.8) is 0 Å². The molecule has 0 heterocycles. The molecule has 0 bridgehead atoms. The van der Waals surface area contributed by atoms with Gasteiger partial charge in [0.25, 0.3) is 0 Å². The summed E-state index contributed by atoms with van der Waals surface area (Å²) in [6, 6.07) is -1.61. The van der Waals surface area contributed by atoms with Crippen LogP contribution in [0.3, 0.4) is 0 Å². The fraction of sp³-hybridized carbons (Fsp3) is 1.00. The third-order valence-electron chi connectivity index (χ3n) is 4.24. The molecule has 0 rings (SSSR count). The maximum absolute atomic E-state index is 13.9. The summed E-state index contributed by atoms with van der Waals surface area (Å²) in [4.78, 5) is 0.